The van der Waals surface area contributed by atoms with Gasteiger partial charge in [0, 0.05) is 23.7 Å². The van der Waals surface area contributed by atoms with Crippen molar-refractivity contribution in [2.24, 2.45) is 0 Å². The average molecular weight is 147 g/mol. The summed E-state index contributed by atoms with van der Waals surface area (Å²) in [4.78, 5) is 2.98. The van der Waals surface area contributed by atoms with Gasteiger partial charge < -0.3 is 4.98 Å². The van der Waals surface area contributed by atoms with E-state index in [1.807, 2.05) is 31.5 Å². The number of nitrogens with zero attached hydrogens (tertiary/aromatic N) is 1. The minimum absolute atomic E-state index is 0.990. The second kappa shape index (κ2) is 2.27. The van der Waals surface area contributed by atoms with Gasteiger partial charge in [0.05, 0.1) is 5.69 Å². The minimum atomic E-state index is 0.990. The van der Waals surface area contributed by atoms with Crippen molar-refractivity contribution in [2.45, 2.75) is 6.92 Å². The summed E-state index contributed by atoms with van der Waals surface area (Å²) in [6.07, 6.45) is 3.81. The summed E-state index contributed by atoms with van der Waals surface area (Å²) in [6, 6.07) is 4.01. The Labute approximate surface area is 64.5 Å². The number of nitrogens with one attached hydrogen (secondary N) is 2. The summed E-state index contributed by atoms with van der Waals surface area (Å²) < 4.78 is 0. The predicted octanol–water partition coefficient (Wildman–Crippen LogP) is 1.71. The number of aromatic amines is 2. The van der Waals surface area contributed by atoms with Crippen LogP contribution < -0.4 is 0 Å². The van der Waals surface area contributed by atoms with Crippen LogP contribution in [0.1, 0.15) is 5.69 Å². The number of hydrogen-bond donors (Lipinski definition) is 2. The molecule has 0 aliphatic rings. The van der Waals surface area contributed by atoms with Crippen LogP contribution in [0.2, 0.25) is 0 Å². The number of aromatic nitrogens is 3. The van der Waals surface area contributed by atoms with Crippen molar-refractivity contribution in [3.05, 3.63) is 30.2 Å². The lowest BCUT2D eigenvalue weighted by atomic mass is 10.2. The number of hydrogen-bond acceptors (Lipinski definition) is 1. The molecule has 0 aliphatic heterocycles. The molecule has 0 spiro atoms. The van der Waals surface area contributed by atoms with E-state index in [2.05, 4.69) is 15.2 Å². The molecule has 0 bridgehead atoms. The van der Waals surface area contributed by atoms with Gasteiger partial charge in [-0.05, 0) is 19.1 Å². The normalized spacial score (nSPS) is 10.3. The van der Waals surface area contributed by atoms with Crippen LogP contribution in [0.15, 0.2) is 24.5 Å². The zero-order chi connectivity index (χ0) is 7.68. The Morgan fingerprint density at radius 1 is 1.45 bits per heavy atom. The topological polar surface area (TPSA) is 44.5 Å². The second-order valence-electron chi connectivity index (χ2n) is 2.54. The van der Waals surface area contributed by atoms with Crippen LogP contribution >= 0.6 is 0 Å². The van der Waals surface area contributed by atoms with Crippen molar-refractivity contribution in [1.82, 2.24) is 15.2 Å². The van der Waals surface area contributed by atoms with Crippen molar-refractivity contribution in [3.63, 3.8) is 0 Å². The Morgan fingerprint density at radius 3 is 2.91 bits per heavy atom. The third kappa shape index (κ3) is 1.05. The molecule has 0 fully saturated rings. The number of aryl methyl sites for hydroxylation is 1. The van der Waals surface area contributed by atoms with Gasteiger partial charge >= 0.3 is 0 Å². The molecule has 0 atom stereocenters. The zero-order valence-corrected chi connectivity index (χ0v) is 6.26. The lowest BCUT2D eigenvalue weighted by molar-refractivity contribution is 1.05. The smallest absolute Gasteiger partial charge is 0.0938 e. The average Bonchev–Trinajstić information content (AvgIpc) is 2.55. The summed E-state index contributed by atoms with van der Waals surface area (Å²) in [5.74, 6) is 0. The molecular formula is C8H9N3. The fraction of sp³-hybridized carbons (Fsp3) is 0.125. The van der Waals surface area contributed by atoms with Crippen LogP contribution in [-0.2, 0) is 0 Å². The molecular weight excluding hydrogens is 138 g/mol. The van der Waals surface area contributed by atoms with Gasteiger partial charge in [-0.25, -0.2) is 0 Å². The van der Waals surface area contributed by atoms with Crippen LogP contribution in [-0.4, -0.2) is 15.2 Å². The third-order valence-electron chi connectivity index (χ3n) is 1.60. The van der Waals surface area contributed by atoms with Crippen LogP contribution in [0.25, 0.3) is 11.3 Å². The van der Waals surface area contributed by atoms with Gasteiger partial charge in [-0.15, -0.1) is 0 Å². The minimum Gasteiger partial charge on any atom is -0.367 e. The van der Waals surface area contributed by atoms with Gasteiger partial charge in [-0.1, -0.05) is 0 Å². The molecule has 3 heteroatoms. The largest absolute Gasteiger partial charge is 0.367 e. The SMILES string of the molecule is Cc1cc(-c2cc[nH]c2)n[nH]1. The predicted molar refractivity (Wildman–Crippen MR) is 43.1 cm³/mol. The molecule has 2 heterocycles. The van der Waals surface area contributed by atoms with Gasteiger partial charge in [0.25, 0.3) is 0 Å². The van der Waals surface area contributed by atoms with E-state index in [9.17, 15) is 0 Å². The lowest BCUT2D eigenvalue weighted by Gasteiger charge is -1.84. The molecule has 0 saturated carbocycles. The maximum atomic E-state index is 4.11. The summed E-state index contributed by atoms with van der Waals surface area (Å²) in [5, 5.41) is 7.01. The Morgan fingerprint density at radius 2 is 2.36 bits per heavy atom. The molecule has 2 aromatic heterocycles. The molecule has 2 N–H and O–H groups in total. The molecule has 0 aliphatic carbocycles. The van der Waals surface area contributed by atoms with E-state index in [1.165, 1.54) is 0 Å². The van der Waals surface area contributed by atoms with E-state index >= 15 is 0 Å². The summed E-state index contributed by atoms with van der Waals surface area (Å²) in [5.41, 5.74) is 3.19. The highest BCUT2D eigenvalue weighted by molar-refractivity contribution is 5.57. The molecule has 2 aromatic rings. The summed E-state index contributed by atoms with van der Waals surface area (Å²) in [6.45, 7) is 1.99. The first-order valence-electron chi connectivity index (χ1n) is 3.51. The van der Waals surface area contributed by atoms with Gasteiger partial charge in [0.2, 0.25) is 0 Å². The first-order valence-corrected chi connectivity index (χ1v) is 3.51. The molecule has 0 amide bonds. The molecule has 56 valence electrons. The maximum Gasteiger partial charge on any atom is 0.0938 e. The van der Waals surface area contributed by atoms with Gasteiger partial charge in [0.1, 0.15) is 0 Å². The lowest BCUT2D eigenvalue weighted by Crippen LogP contribution is -1.71. The van der Waals surface area contributed by atoms with E-state index < -0.39 is 0 Å². The number of rotatable bonds is 1. The molecule has 0 aromatic carbocycles. The molecule has 0 radical (unpaired) electrons. The fourth-order valence-electron chi connectivity index (χ4n) is 1.05. The molecule has 3 nitrogen and oxygen atoms in total. The van der Waals surface area contributed by atoms with E-state index in [4.69, 9.17) is 0 Å². The van der Waals surface area contributed by atoms with Gasteiger partial charge in [-0.2, -0.15) is 5.10 Å². The Hall–Kier alpha value is -1.51. The Kier molecular flexibility index (Phi) is 1.28. The quantitative estimate of drug-likeness (QED) is 0.633. The molecule has 2 rings (SSSR count). The van der Waals surface area contributed by atoms with E-state index in [0.717, 1.165) is 17.0 Å². The molecule has 0 unspecified atom stereocenters. The highest BCUT2D eigenvalue weighted by atomic mass is 15.1. The highest BCUT2D eigenvalue weighted by Crippen LogP contribution is 2.15. The molecule has 0 saturated heterocycles. The molecule has 11 heavy (non-hydrogen) atoms. The number of H-pyrrole nitrogens is 2. The summed E-state index contributed by atoms with van der Waals surface area (Å²) >= 11 is 0. The van der Waals surface area contributed by atoms with Crippen molar-refractivity contribution < 1.29 is 0 Å². The maximum absolute atomic E-state index is 4.11. The van der Waals surface area contributed by atoms with Crippen molar-refractivity contribution >= 4 is 0 Å². The van der Waals surface area contributed by atoms with E-state index in [1.54, 1.807) is 0 Å². The fourth-order valence-corrected chi connectivity index (χ4v) is 1.05. The summed E-state index contributed by atoms with van der Waals surface area (Å²) in [7, 11) is 0. The standard InChI is InChI=1S/C8H9N3/c1-6-4-8(11-10-6)7-2-3-9-5-7/h2-5,9H,1H3,(H,10,11). The van der Waals surface area contributed by atoms with Crippen molar-refractivity contribution in [1.29, 1.82) is 0 Å². The Balaban J connectivity index is 2.45. The zero-order valence-electron chi connectivity index (χ0n) is 6.26. The van der Waals surface area contributed by atoms with Gasteiger partial charge in [0.15, 0.2) is 0 Å². The van der Waals surface area contributed by atoms with Crippen LogP contribution in [0, 0.1) is 6.92 Å². The first kappa shape index (κ1) is 6.22. The monoisotopic (exact) mass is 147 g/mol. The van der Waals surface area contributed by atoms with Crippen molar-refractivity contribution in [3.8, 4) is 11.3 Å². The van der Waals surface area contributed by atoms with Crippen LogP contribution in [0.4, 0.5) is 0 Å². The van der Waals surface area contributed by atoms with Gasteiger partial charge in [-0.3, -0.25) is 5.10 Å². The van der Waals surface area contributed by atoms with E-state index in [0.29, 0.717) is 0 Å². The van der Waals surface area contributed by atoms with E-state index in [-0.39, 0.29) is 0 Å². The van der Waals surface area contributed by atoms with Crippen LogP contribution in [0.5, 0.6) is 0 Å². The first-order chi connectivity index (χ1) is 5.36. The Bertz CT molecular complexity index is 332. The third-order valence-corrected chi connectivity index (χ3v) is 1.60. The highest BCUT2D eigenvalue weighted by Gasteiger charge is 1.99. The second-order valence-corrected chi connectivity index (χ2v) is 2.54. The van der Waals surface area contributed by atoms with Crippen LogP contribution in [0.3, 0.4) is 0 Å². The van der Waals surface area contributed by atoms with Crippen molar-refractivity contribution in [2.75, 3.05) is 0 Å².